The number of carbonyl (C=O) groups excluding carboxylic acids is 1. The number of nitrogens with zero attached hydrogens (tertiary/aromatic N) is 5. The molecule has 0 radical (unpaired) electrons. The molecule has 0 saturated carbocycles. The molecule has 0 atom stereocenters. The smallest absolute Gasteiger partial charge is 0.248 e. The molecule has 156 valence electrons. The van der Waals surface area contributed by atoms with Crippen LogP contribution in [-0.4, -0.2) is 44.1 Å². The topological polar surface area (TPSA) is 75.9 Å². The highest BCUT2D eigenvalue weighted by Gasteiger charge is 2.13. The van der Waals surface area contributed by atoms with Crippen LogP contribution in [-0.2, 0) is 17.9 Å². The van der Waals surface area contributed by atoms with Gasteiger partial charge in [-0.05, 0) is 48.2 Å². The molecule has 1 aliphatic rings. The number of amides is 1. The SMILES string of the molecule is O=C(Cn1nnc(-c2ccc(CN3CCCC3)cc2)n1)Nc1cccc2ccccc12. The van der Waals surface area contributed by atoms with E-state index < -0.39 is 0 Å². The van der Waals surface area contributed by atoms with Gasteiger partial charge in [-0.15, -0.1) is 10.2 Å². The van der Waals surface area contributed by atoms with Crippen LogP contribution < -0.4 is 5.32 Å². The Morgan fingerprint density at radius 2 is 1.71 bits per heavy atom. The number of hydrogen-bond acceptors (Lipinski definition) is 5. The van der Waals surface area contributed by atoms with E-state index in [0.717, 1.165) is 28.6 Å². The summed E-state index contributed by atoms with van der Waals surface area (Å²) >= 11 is 0. The number of rotatable bonds is 6. The third kappa shape index (κ3) is 4.46. The second-order valence-electron chi connectivity index (χ2n) is 7.90. The van der Waals surface area contributed by atoms with Crippen molar-refractivity contribution in [3.8, 4) is 11.4 Å². The van der Waals surface area contributed by atoms with Crippen molar-refractivity contribution in [3.05, 3.63) is 72.3 Å². The third-order valence-electron chi connectivity index (χ3n) is 5.62. The molecular formula is C24H24N6O. The minimum atomic E-state index is -0.193. The normalized spacial score (nSPS) is 14.2. The van der Waals surface area contributed by atoms with Gasteiger partial charge in [0.15, 0.2) is 0 Å². The van der Waals surface area contributed by atoms with Gasteiger partial charge in [0.05, 0.1) is 0 Å². The Balaban J connectivity index is 1.23. The van der Waals surface area contributed by atoms with Crippen LogP contribution in [0.2, 0.25) is 0 Å². The Kier molecular flexibility index (Phi) is 5.41. The maximum Gasteiger partial charge on any atom is 0.248 e. The molecule has 31 heavy (non-hydrogen) atoms. The number of nitrogens with one attached hydrogen (secondary N) is 1. The lowest BCUT2D eigenvalue weighted by atomic mass is 10.1. The summed E-state index contributed by atoms with van der Waals surface area (Å²) < 4.78 is 0. The number of hydrogen-bond donors (Lipinski definition) is 1. The van der Waals surface area contributed by atoms with Gasteiger partial charge in [-0.1, -0.05) is 60.7 Å². The first-order valence-corrected chi connectivity index (χ1v) is 10.6. The van der Waals surface area contributed by atoms with Crippen LogP contribution in [0.1, 0.15) is 18.4 Å². The van der Waals surface area contributed by atoms with Crippen LogP contribution in [0.3, 0.4) is 0 Å². The number of benzene rings is 3. The van der Waals surface area contributed by atoms with E-state index in [1.54, 1.807) is 0 Å². The molecule has 4 aromatic rings. The highest BCUT2D eigenvalue weighted by atomic mass is 16.2. The molecule has 0 spiro atoms. The van der Waals surface area contributed by atoms with Gasteiger partial charge in [0, 0.05) is 23.2 Å². The van der Waals surface area contributed by atoms with Crippen LogP contribution in [0, 0.1) is 0 Å². The van der Waals surface area contributed by atoms with Gasteiger partial charge in [-0.3, -0.25) is 9.69 Å². The van der Waals surface area contributed by atoms with Crippen molar-refractivity contribution in [2.45, 2.75) is 25.9 Å². The molecule has 7 heteroatoms. The molecule has 1 amide bonds. The van der Waals surface area contributed by atoms with Crippen LogP contribution in [0.5, 0.6) is 0 Å². The van der Waals surface area contributed by atoms with Crippen molar-refractivity contribution in [2.24, 2.45) is 0 Å². The summed E-state index contributed by atoms with van der Waals surface area (Å²) in [4.78, 5) is 16.3. The lowest BCUT2D eigenvalue weighted by molar-refractivity contribution is -0.117. The molecule has 1 aliphatic heterocycles. The van der Waals surface area contributed by atoms with Gasteiger partial charge in [0.1, 0.15) is 6.54 Å². The van der Waals surface area contributed by atoms with E-state index in [1.807, 2.05) is 54.6 Å². The fourth-order valence-electron chi connectivity index (χ4n) is 4.04. The van der Waals surface area contributed by atoms with E-state index in [0.29, 0.717) is 5.82 Å². The minimum absolute atomic E-state index is 0.00324. The van der Waals surface area contributed by atoms with Gasteiger partial charge in [-0.2, -0.15) is 4.80 Å². The average molecular weight is 412 g/mol. The first kappa shape index (κ1) is 19.4. The molecule has 1 N–H and O–H groups in total. The predicted octanol–water partition coefficient (Wildman–Crippen LogP) is 3.73. The fourth-order valence-corrected chi connectivity index (χ4v) is 4.04. The summed E-state index contributed by atoms with van der Waals surface area (Å²) in [7, 11) is 0. The monoisotopic (exact) mass is 412 g/mol. The highest BCUT2D eigenvalue weighted by molar-refractivity contribution is 6.01. The van der Waals surface area contributed by atoms with E-state index in [-0.39, 0.29) is 12.5 Å². The standard InChI is InChI=1S/C24H24N6O/c31-23(25-22-9-5-7-19-6-1-2-8-21(19)22)17-30-27-24(26-28-30)20-12-10-18(11-13-20)16-29-14-3-4-15-29/h1-2,5-13H,3-4,14-17H2,(H,25,31). The van der Waals surface area contributed by atoms with E-state index in [9.17, 15) is 4.79 Å². The molecule has 0 bridgehead atoms. The molecule has 1 aromatic heterocycles. The Bertz CT molecular complexity index is 1190. The maximum atomic E-state index is 12.5. The lowest BCUT2D eigenvalue weighted by Gasteiger charge is -2.14. The van der Waals surface area contributed by atoms with Crippen molar-refractivity contribution in [1.29, 1.82) is 0 Å². The molecule has 1 saturated heterocycles. The highest BCUT2D eigenvalue weighted by Crippen LogP contribution is 2.23. The van der Waals surface area contributed by atoms with E-state index in [4.69, 9.17) is 0 Å². The molecule has 0 unspecified atom stereocenters. The van der Waals surface area contributed by atoms with Gasteiger partial charge in [0.25, 0.3) is 0 Å². The first-order valence-electron chi connectivity index (χ1n) is 10.6. The molecule has 0 aliphatic carbocycles. The Hall–Kier alpha value is -3.58. The summed E-state index contributed by atoms with van der Waals surface area (Å²) in [6.45, 7) is 3.34. The van der Waals surface area contributed by atoms with Crippen LogP contribution >= 0.6 is 0 Å². The van der Waals surface area contributed by atoms with Crippen molar-refractivity contribution in [1.82, 2.24) is 25.1 Å². The number of tetrazole rings is 1. The number of fused-ring (bicyclic) bond motifs is 1. The summed E-state index contributed by atoms with van der Waals surface area (Å²) in [5.74, 6) is 0.326. The summed E-state index contributed by atoms with van der Waals surface area (Å²) in [5, 5.41) is 17.6. The Labute approximate surface area is 180 Å². The van der Waals surface area contributed by atoms with Crippen LogP contribution in [0.15, 0.2) is 66.7 Å². The van der Waals surface area contributed by atoms with Crippen molar-refractivity contribution in [3.63, 3.8) is 0 Å². The maximum absolute atomic E-state index is 12.5. The predicted molar refractivity (Wildman–Crippen MR) is 120 cm³/mol. The van der Waals surface area contributed by atoms with Gasteiger partial charge in [-0.25, -0.2) is 0 Å². The molecule has 5 rings (SSSR count). The number of anilines is 1. The van der Waals surface area contributed by atoms with Gasteiger partial charge < -0.3 is 5.32 Å². The molecular weight excluding hydrogens is 388 g/mol. The van der Waals surface area contributed by atoms with E-state index in [2.05, 4.69) is 37.8 Å². The Morgan fingerprint density at radius 3 is 2.55 bits per heavy atom. The zero-order valence-electron chi connectivity index (χ0n) is 17.2. The third-order valence-corrected chi connectivity index (χ3v) is 5.62. The van der Waals surface area contributed by atoms with Crippen molar-refractivity contribution >= 4 is 22.4 Å². The van der Waals surface area contributed by atoms with Crippen LogP contribution in [0.25, 0.3) is 22.2 Å². The molecule has 2 heterocycles. The lowest BCUT2D eigenvalue weighted by Crippen LogP contribution is -2.20. The quantitative estimate of drug-likeness (QED) is 0.522. The first-order chi connectivity index (χ1) is 15.2. The van der Waals surface area contributed by atoms with E-state index in [1.165, 1.54) is 36.3 Å². The number of aromatic nitrogens is 4. The molecule has 1 fully saturated rings. The van der Waals surface area contributed by atoms with Crippen molar-refractivity contribution in [2.75, 3.05) is 18.4 Å². The van der Waals surface area contributed by atoms with Crippen molar-refractivity contribution < 1.29 is 4.79 Å². The summed E-state index contributed by atoms with van der Waals surface area (Å²) in [5.41, 5.74) is 2.95. The van der Waals surface area contributed by atoms with Crippen LogP contribution in [0.4, 0.5) is 5.69 Å². The number of likely N-dealkylation sites (tertiary alicyclic amines) is 1. The second-order valence-corrected chi connectivity index (χ2v) is 7.90. The van der Waals surface area contributed by atoms with Gasteiger partial charge >= 0.3 is 0 Å². The van der Waals surface area contributed by atoms with Gasteiger partial charge in [0.2, 0.25) is 11.7 Å². The van der Waals surface area contributed by atoms with E-state index >= 15 is 0 Å². The zero-order chi connectivity index (χ0) is 21.0. The molecule has 7 nitrogen and oxygen atoms in total. The number of carbonyl (C=O) groups is 1. The zero-order valence-corrected chi connectivity index (χ0v) is 17.2. The largest absolute Gasteiger partial charge is 0.324 e. The molecule has 3 aromatic carbocycles. The average Bonchev–Trinajstić information content (AvgIpc) is 3.47. The Morgan fingerprint density at radius 1 is 0.935 bits per heavy atom. The minimum Gasteiger partial charge on any atom is -0.324 e. The fraction of sp³-hybridized carbons (Fsp3) is 0.250. The summed E-state index contributed by atoms with van der Waals surface area (Å²) in [6, 6.07) is 22.0. The summed E-state index contributed by atoms with van der Waals surface area (Å²) in [6.07, 6.45) is 2.58. The second kappa shape index (κ2) is 8.65.